The second-order valence-electron chi connectivity index (χ2n) is 4.38. The number of aromatic nitrogens is 2. The summed E-state index contributed by atoms with van der Waals surface area (Å²) in [4.78, 5) is 10.5. The van der Waals surface area contributed by atoms with Crippen LogP contribution in [0.4, 0.5) is 5.95 Å². The SMILES string of the molecule is COCCCOCCOc1nc(NN)nc2sc(C)cc12. The molecule has 0 bridgehead atoms. The molecule has 21 heavy (non-hydrogen) atoms. The lowest BCUT2D eigenvalue weighted by Crippen LogP contribution is -2.13. The van der Waals surface area contributed by atoms with E-state index in [0.717, 1.165) is 21.5 Å². The van der Waals surface area contributed by atoms with Gasteiger partial charge in [0.25, 0.3) is 0 Å². The molecule has 2 aromatic heterocycles. The largest absolute Gasteiger partial charge is 0.475 e. The molecule has 0 amide bonds. The van der Waals surface area contributed by atoms with Gasteiger partial charge in [0.15, 0.2) is 0 Å². The van der Waals surface area contributed by atoms with Crippen molar-refractivity contribution in [1.82, 2.24) is 9.97 Å². The van der Waals surface area contributed by atoms with Crippen molar-refractivity contribution < 1.29 is 14.2 Å². The number of hydrogen-bond donors (Lipinski definition) is 2. The van der Waals surface area contributed by atoms with E-state index in [1.807, 2.05) is 13.0 Å². The van der Waals surface area contributed by atoms with E-state index in [9.17, 15) is 0 Å². The first kappa shape index (κ1) is 15.9. The summed E-state index contributed by atoms with van der Waals surface area (Å²) < 4.78 is 16.1. The number of nitrogens with one attached hydrogen (secondary N) is 1. The molecule has 0 radical (unpaired) electrons. The number of nitrogen functional groups attached to an aromatic ring is 1. The van der Waals surface area contributed by atoms with Gasteiger partial charge in [-0.3, -0.25) is 5.43 Å². The van der Waals surface area contributed by atoms with Gasteiger partial charge in [0.05, 0.1) is 12.0 Å². The number of nitrogens with zero attached hydrogens (tertiary/aromatic N) is 2. The van der Waals surface area contributed by atoms with Gasteiger partial charge >= 0.3 is 0 Å². The van der Waals surface area contributed by atoms with Crippen LogP contribution >= 0.6 is 11.3 Å². The van der Waals surface area contributed by atoms with Gasteiger partial charge in [-0.15, -0.1) is 11.3 Å². The molecule has 2 aromatic rings. The van der Waals surface area contributed by atoms with Gasteiger partial charge < -0.3 is 14.2 Å². The van der Waals surface area contributed by atoms with Crippen molar-refractivity contribution in [2.45, 2.75) is 13.3 Å². The van der Waals surface area contributed by atoms with Crippen molar-refractivity contribution in [3.05, 3.63) is 10.9 Å². The number of aryl methyl sites for hydroxylation is 1. The molecule has 0 unspecified atom stereocenters. The standard InChI is InChI=1S/C13H20N4O3S/c1-9-8-10-11(15-13(17-14)16-12(10)21-9)20-7-6-19-5-3-4-18-2/h8H,3-7,14H2,1-2H3,(H,15,16,17). The normalized spacial score (nSPS) is 11.0. The zero-order chi connectivity index (χ0) is 15.1. The zero-order valence-corrected chi connectivity index (χ0v) is 13.0. The Balaban J connectivity index is 1.91. The highest BCUT2D eigenvalue weighted by atomic mass is 32.1. The fourth-order valence-electron chi connectivity index (χ4n) is 1.80. The van der Waals surface area contributed by atoms with Gasteiger partial charge in [-0.25, -0.2) is 10.8 Å². The topological polar surface area (TPSA) is 91.5 Å². The summed E-state index contributed by atoms with van der Waals surface area (Å²) >= 11 is 1.58. The molecule has 3 N–H and O–H groups in total. The number of methoxy groups -OCH3 is 1. The number of rotatable bonds is 9. The molecule has 0 aliphatic rings. The number of thiophene rings is 1. The van der Waals surface area contributed by atoms with Gasteiger partial charge in [0.1, 0.15) is 11.4 Å². The molecule has 8 heteroatoms. The van der Waals surface area contributed by atoms with Crippen molar-refractivity contribution >= 4 is 27.5 Å². The molecule has 0 spiro atoms. The second-order valence-corrected chi connectivity index (χ2v) is 5.61. The first-order chi connectivity index (χ1) is 10.2. The second kappa shape index (κ2) is 8.08. The van der Waals surface area contributed by atoms with Gasteiger partial charge in [-0.1, -0.05) is 0 Å². The lowest BCUT2D eigenvalue weighted by atomic mass is 10.3. The summed E-state index contributed by atoms with van der Waals surface area (Å²) in [6, 6.07) is 2.01. The van der Waals surface area contributed by atoms with E-state index in [4.69, 9.17) is 20.1 Å². The van der Waals surface area contributed by atoms with Crippen molar-refractivity contribution in [1.29, 1.82) is 0 Å². The van der Waals surface area contributed by atoms with Gasteiger partial charge in [-0.05, 0) is 19.4 Å². The fourth-order valence-corrected chi connectivity index (χ4v) is 2.67. The van der Waals surface area contributed by atoms with Crippen molar-refractivity contribution in [3.63, 3.8) is 0 Å². The van der Waals surface area contributed by atoms with Crippen LogP contribution in [0.15, 0.2) is 6.07 Å². The molecule has 0 atom stereocenters. The monoisotopic (exact) mass is 312 g/mol. The van der Waals surface area contributed by atoms with E-state index in [1.54, 1.807) is 18.4 Å². The maximum Gasteiger partial charge on any atom is 0.241 e. The first-order valence-electron chi connectivity index (χ1n) is 6.69. The minimum atomic E-state index is 0.348. The highest BCUT2D eigenvalue weighted by molar-refractivity contribution is 7.18. The van der Waals surface area contributed by atoms with Gasteiger partial charge in [0.2, 0.25) is 11.8 Å². The molecular weight excluding hydrogens is 292 g/mol. The Hall–Kier alpha value is -1.48. The molecule has 0 aromatic carbocycles. The number of fused-ring (bicyclic) bond motifs is 1. The van der Waals surface area contributed by atoms with Crippen LogP contribution in [-0.2, 0) is 9.47 Å². The molecule has 7 nitrogen and oxygen atoms in total. The van der Waals surface area contributed by atoms with Crippen LogP contribution < -0.4 is 16.0 Å². The van der Waals surface area contributed by atoms with Crippen LogP contribution in [0.3, 0.4) is 0 Å². The minimum absolute atomic E-state index is 0.348. The Labute approximate surface area is 127 Å². The molecule has 0 fully saturated rings. The maximum atomic E-state index is 5.69. The number of ether oxygens (including phenoxy) is 3. The van der Waals surface area contributed by atoms with Crippen molar-refractivity contribution in [2.24, 2.45) is 5.84 Å². The Morgan fingerprint density at radius 1 is 1.24 bits per heavy atom. The fraction of sp³-hybridized carbons (Fsp3) is 0.538. The Kier molecular flexibility index (Phi) is 6.12. The summed E-state index contributed by atoms with van der Waals surface area (Å²) in [5.41, 5.74) is 2.45. The third kappa shape index (κ3) is 4.50. The molecule has 0 saturated carbocycles. The molecule has 2 rings (SSSR count). The molecule has 0 aliphatic heterocycles. The summed E-state index contributed by atoms with van der Waals surface area (Å²) in [6.45, 7) is 4.31. The molecule has 0 saturated heterocycles. The van der Waals surface area contributed by atoms with E-state index in [0.29, 0.717) is 38.3 Å². The number of hydrazine groups is 1. The van der Waals surface area contributed by atoms with E-state index in [1.165, 1.54) is 0 Å². The van der Waals surface area contributed by atoms with Gasteiger partial charge in [-0.2, -0.15) is 4.98 Å². The van der Waals surface area contributed by atoms with Crippen LogP contribution in [0.2, 0.25) is 0 Å². The lowest BCUT2D eigenvalue weighted by molar-refractivity contribution is 0.0800. The zero-order valence-electron chi connectivity index (χ0n) is 12.2. The smallest absolute Gasteiger partial charge is 0.241 e. The van der Waals surface area contributed by atoms with E-state index < -0.39 is 0 Å². The third-order valence-electron chi connectivity index (χ3n) is 2.71. The maximum absolute atomic E-state index is 5.69. The van der Waals surface area contributed by atoms with Crippen LogP contribution in [0, 0.1) is 6.92 Å². The van der Waals surface area contributed by atoms with E-state index in [2.05, 4.69) is 15.4 Å². The third-order valence-corrected chi connectivity index (χ3v) is 3.66. The average Bonchev–Trinajstić information content (AvgIpc) is 2.86. The van der Waals surface area contributed by atoms with Crippen molar-refractivity contribution in [2.75, 3.05) is 39.0 Å². The summed E-state index contributed by atoms with van der Waals surface area (Å²) in [7, 11) is 1.68. The highest BCUT2D eigenvalue weighted by Crippen LogP contribution is 2.30. The minimum Gasteiger partial charge on any atom is -0.475 e. The number of anilines is 1. The summed E-state index contributed by atoms with van der Waals surface area (Å²) in [6.07, 6.45) is 0.874. The number of nitrogens with two attached hydrogens (primary N) is 1. The van der Waals surface area contributed by atoms with Gasteiger partial charge in [0, 0.05) is 25.2 Å². The average molecular weight is 312 g/mol. The Morgan fingerprint density at radius 2 is 2.10 bits per heavy atom. The quantitative estimate of drug-likeness (QED) is 0.414. The predicted octanol–water partition coefficient (Wildman–Crippen LogP) is 1.72. The summed E-state index contributed by atoms with van der Waals surface area (Å²) in [5, 5.41) is 0.899. The summed E-state index contributed by atoms with van der Waals surface area (Å²) in [5.74, 6) is 6.25. The van der Waals surface area contributed by atoms with Crippen molar-refractivity contribution in [3.8, 4) is 5.88 Å². The molecular formula is C13H20N4O3S. The molecule has 116 valence electrons. The van der Waals surface area contributed by atoms with E-state index in [-0.39, 0.29) is 0 Å². The van der Waals surface area contributed by atoms with Crippen LogP contribution in [-0.4, -0.2) is 43.5 Å². The van der Waals surface area contributed by atoms with Crippen LogP contribution in [0.1, 0.15) is 11.3 Å². The molecule has 0 aliphatic carbocycles. The van der Waals surface area contributed by atoms with Crippen LogP contribution in [0.25, 0.3) is 10.2 Å². The van der Waals surface area contributed by atoms with E-state index >= 15 is 0 Å². The highest BCUT2D eigenvalue weighted by Gasteiger charge is 2.11. The molecule has 2 heterocycles. The lowest BCUT2D eigenvalue weighted by Gasteiger charge is -2.08. The number of hydrogen-bond acceptors (Lipinski definition) is 8. The first-order valence-corrected chi connectivity index (χ1v) is 7.50. The Morgan fingerprint density at radius 3 is 2.86 bits per heavy atom. The predicted molar refractivity (Wildman–Crippen MR) is 82.8 cm³/mol. The Bertz CT molecular complexity index is 576. The van der Waals surface area contributed by atoms with Crippen LogP contribution in [0.5, 0.6) is 5.88 Å².